The standard InChI is InChI=1S/C18H22N2O2/c21-18(22)20-14-5-2-1-3-7-15-9-11-16(12-10-15)17-8-4-6-13-19-17/h4,6,8-13,20H,1-3,5,7,14H2,(H,21,22). The summed E-state index contributed by atoms with van der Waals surface area (Å²) in [4.78, 5) is 14.6. The van der Waals surface area contributed by atoms with E-state index in [1.807, 2.05) is 24.4 Å². The van der Waals surface area contributed by atoms with Crippen LogP contribution in [-0.4, -0.2) is 22.7 Å². The second-order valence-electron chi connectivity index (χ2n) is 5.31. The van der Waals surface area contributed by atoms with Crippen LogP contribution in [0.15, 0.2) is 48.7 Å². The highest BCUT2D eigenvalue weighted by Crippen LogP contribution is 2.18. The molecule has 0 aliphatic rings. The predicted molar refractivity (Wildman–Crippen MR) is 87.9 cm³/mol. The first kappa shape index (κ1) is 16.0. The third-order valence-corrected chi connectivity index (χ3v) is 3.58. The highest BCUT2D eigenvalue weighted by Gasteiger charge is 1.99. The van der Waals surface area contributed by atoms with E-state index in [9.17, 15) is 4.79 Å². The fourth-order valence-corrected chi connectivity index (χ4v) is 2.38. The van der Waals surface area contributed by atoms with Crippen molar-refractivity contribution >= 4 is 6.09 Å². The Hall–Kier alpha value is -2.36. The first-order valence-corrected chi connectivity index (χ1v) is 7.73. The Morgan fingerprint density at radius 2 is 1.77 bits per heavy atom. The predicted octanol–water partition coefficient (Wildman–Crippen LogP) is 4.12. The number of benzene rings is 1. The van der Waals surface area contributed by atoms with Gasteiger partial charge in [0.05, 0.1) is 5.69 Å². The van der Waals surface area contributed by atoms with Crippen LogP contribution >= 0.6 is 0 Å². The number of carboxylic acid groups (broad SMARTS) is 1. The minimum absolute atomic E-state index is 0.550. The maximum atomic E-state index is 10.3. The average Bonchev–Trinajstić information content (AvgIpc) is 2.55. The molecule has 0 aliphatic heterocycles. The zero-order valence-corrected chi connectivity index (χ0v) is 12.7. The molecule has 2 rings (SSSR count). The van der Waals surface area contributed by atoms with E-state index in [1.54, 1.807) is 0 Å². The summed E-state index contributed by atoms with van der Waals surface area (Å²) in [5, 5.41) is 10.8. The molecule has 0 aliphatic carbocycles. The van der Waals surface area contributed by atoms with Crippen molar-refractivity contribution in [1.82, 2.24) is 10.3 Å². The van der Waals surface area contributed by atoms with Crippen molar-refractivity contribution in [2.75, 3.05) is 6.54 Å². The summed E-state index contributed by atoms with van der Waals surface area (Å²) in [6, 6.07) is 14.5. The molecular weight excluding hydrogens is 276 g/mol. The van der Waals surface area contributed by atoms with Gasteiger partial charge in [0.1, 0.15) is 0 Å². The molecular formula is C18H22N2O2. The summed E-state index contributed by atoms with van der Waals surface area (Å²) in [7, 11) is 0. The number of unbranched alkanes of at least 4 members (excludes halogenated alkanes) is 3. The van der Waals surface area contributed by atoms with Gasteiger partial charge in [-0.25, -0.2) is 4.79 Å². The zero-order valence-electron chi connectivity index (χ0n) is 12.7. The zero-order chi connectivity index (χ0) is 15.6. The summed E-state index contributed by atoms with van der Waals surface area (Å²) in [6.07, 6.45) is 6.17. The van der Waals surface area contributed by atoms with Gasteiger partial charge in [0, 0.05) is 18.3 Å². The molecule has 0 bridgehead atoms. The number of hydrogen-bond acceptors (Lipinski definition) is 2. The third-order valence-electron chi connectivity index (χ3n) is 3.58. The van der Waals surface area contributed by atoms with Crippen molar-refractivity contribution in [2.24, 2.45) is 0 Å². The van der Waals surface area contributed by atoms with E-state index in [-0.39, 0.29) is 0 Å². The van der Waals surface area contributed by atoms with Crippen LogP contribution in [0.2, 0.25) is 0 Å². The van der Waals surface area contributed by atoms with Gasteiger partial charge in [-0.2, -0.15) is 0 Å². The summed E-state index contributed by atoms with van der Waals surface area (Å²) < 4.78 is 0. The Morgan fingerprint density at radius 3 is 2.45 bits per heavy atom. The Labute approximate surface area is 131 Å². The van der Waals surface area contributed by atoms with E-state index in [2.05, 4.69) is 34.6 Å². The van der Waals surface area contributed by atoms with Gasteiger partial charge in [0.25, 0.3) is 0 Å². The molecule has 116 valence electrons. The molecule has 4 nitrogen and oxygen atoms in total. The minimum atomic E-state index is -0.937. The molecule has 22 heavy (non-hydrogen) atoms. The van der Waals surface area contributed by atoms with E-state index in [1.165, 1.54) is 5.56 Å². The first-order chi connectivity index (χ1) is 10.8. The van der Waals surface area contributed by atoms with Gasteiger partial charge in [-0.3, -0.25) is 4.98 Å². The van der Waals surface area contributed by atoms with Crippen molar-refractivity contribution in [3.63, 3.8) is 0 Å². The minimum Gasteiger partial charge on any atom is -0.465 e. The summed E-state index contributed by atoms with van der Waals surface area (Å²) in [5.74, 6) is 0. The second-order valence-corrected chi connectivity index (χ2v) is 5.31. The summed E-state index contributed by atoms with van der Waals surface area (Å²) in [6.45, 7) is 0.550. The highest BCUT2D eigenvalue weighted by atomic mass is 16.4. The SMILES string of the molecule is O=C(O)NCCCCCCc1ccc(-c2ccccn2)cc1. The van der Waals surface area contributed by atoms with E-state index in [4.69, 9.17) is 5.11 Å². The number of carbonyl (C=O) groups is 1. The van der Waals surface area contributed by atoms with E-state index >= 15 is 0 Å². The van der Waals surface area contributed by atoms with E-state index in [0.717, 1.165) is 43.4 Å². The number of pyridine rings is 1. The largest absolute Gasteiger partial charge is 0.465 e. The smallest absolute Gasteiger partial charge is 0.404 e. The summed E-state index contributed by atoms with van der Waals surface area (Å²) in [5.41, 5.74) is 3.48. The lowest BCUT2D eigenvalue weighted by Gasteiger charge is -2.05. The van der Waals surface area contributed by atoms with Gasteiger partial charge in [0.15, 0.2) is 0 Å². The normalized spacial score (nSPS) is 10.4. The number of rotatable bonds is 8. The van der Waals surface area contributed by atoms with Gasteiger partial charge in [-0.1, -0.05) is 43.2 Å². The van der Waals surface area contributed by atoms with Crippen LogP contribution < -0.4 is 5.32 Å². The number of nitrogens with one attached hydrogen (secondary N) is 1. The number of aryl methyl sites for hydroxylation is 1. The molecule has 1 aromatic heterocycles. The van der Waals surface area contributed by atoms with Crippen molar-refractivity contribution in [3.05, 3.63) is 54.2 Å². The van der Waals surface area contributed by atoms with Crippen molar-refractivity contribution in [1.29, 1.82) is 0 Å². The van der Waals surface area contributed by atoms with Crippen molar-refractivity contribution < 1.29 is 9.90 Å². The average molecular weight is 298 g/mol. The molecule has 2 aromatic rings. The molecule has 0 saturated heterocycles. The Balaban J connectivity index is 1.68. The highest BCUT2D eigenvalue weighted by molar-refractivity contribution is 5.64. The number of hydrogen-bond donors (Lipinski definition) is 2. The number of nitrogens with zero attached hydrogens (tertiary/aromatic N) is 1. The maximum Gasteiger partial charge on any atom is 0.404 e. The number of aromatic nitrogens is 1. The topological polar surface area (TPSA) is 62.2 Å². The monoisotopic (exact) mass is 298 g/mol. The van der Waals surface area contributed by atoms with Crippen molar-refractivity contribution in [3.8, 4) is 11.3 Å². The van der Waals surface area contributed by atoms with Gasteiger partial charge in [-0.15, -0.1) is 0 Å². The summed E-state index contributed by atoms with van der Waals surface area (Å²) >= 11 is 0. The molecule has 1 amide bonds. The molecule has 0 unspecified atom stereocenters. The molecule has 1 aromatic carbocycles. The molecule has 0 saturated carbocycles. The van der Waals surface area contributed by atoms with Crippen LogP contribution in [0.5, 0.6) is 0 Å². The van der Waals surface area contributed by atoms with Crippen LogP contribution in [0, 0.1) is 0 Å². The maximum absolute atomic E-state index is 10.3. The van der Waals surface area contributed by atoms with Crippen LogP contribution in [0.1, 0.15) is 31.2 Å². The van der Waals surface area contributed by atoms with Crippen LogP contribution in [0.25, 0.3) is 11.3 Å². The van der Waals surface area contributed by atoms with Gasteiger partial charge in [0.2, 0.25) is 0 Å². The lowest BCUT2D eigenvalue weighted by atomic mass is 10.0. The van der Waals surface area contributed by atoms with Gasteiger partial charge < -0.3 is 10.4 Å². The quantitative estimate of drug-likeness (QED) is 0.721. The van der Waals surface area contributed by atoms with E-state index in [0.29, 0.717) is 6.54 Å². The Kier molecular flexibility index (Phi) is 6.42. The Morgan fingerprint density at radius 1 is 1.00 bits per heavy atom. The fraction of sp³-hybridized carbons (Fsp3) is 0.333. The molecule has 0 radical (unpaired) electrons. The number of amides is 1. The Bertz CT molecular complexity index is 567. The lowest BCUT2D eigenvalue weighted by molar-refractivity contribution is 0.194. The fourth-order valence-electron chi connectivity index (χ4n) is 2.38. The molecule has 4 heteroatoms. The van der Waals surface area contributed by atoms with Crippen LogP contribution in [-0.2, 0) is 6.42 Å². The first-order valence-electron chi connectivity index (χ1n) is 7.73. The molecule has 2 N–H and O–H groups in total. The second kappa shape index (κ2) is 8.82. The lowest BCUT2D eigenvalue weighted by Crippen LogP contribution is -2.21. The molecule has 1 heterocycles. The van der Waals surface area contributed by atoms with Crippen molar-refractivity contribution in [2.45, 2.75) is 32.1 Å². The molecule has 0 atom stereocenters. The van der Waals surface area contributed by atoms with Crippen LogP contribution in [0.3, 0.4) is 0 Å². The van der Waals surface area contributed by atoms with Gasteiger partial charge in [-0.05, 0) is 37.0 Å². The van der Waals surface area contributed by atoms with E-state index < -0.39 is 6.09 Å². The van der Waals surface area contributed by atoms with Gasteiger partial charge >= 0.3 is 6.09 Å². The van der Waals surface area contributed by atoms with Crippen LogP contribution in [0.4, 0.5) is 4.79 Å². The third kappa shape index (κ3) is 5.56. The molecule has 0 spiro atoms. The molecule has 0 fully saturated rings.